The fraction of sp³-hybridized carbons (Fsp3) is 0.440. The van der Waals surface area contributed by atoms with Crippen molar-refractivity contribution < 1.29 is 9.59 Å². The molecule has 0 spiro atoms. The van der Waals surface area contributed by atoms with Crippen molar-refractivity contribution >= 4 is 11.8 Å². The van der Waals surface area contributed by atoms with E-state index in [0.29, 0.717) is 13.1 Å². The first-order valence-corrected chi connectivity index (χ1v) is 10.5. The van der Waals surface area contributed by atoms with Crippen LogP contribution in [0.5, 0.6) is 0 Å². The van der Waals surface area contributed by atoms with Gasteiger partial charge in [-0.05, 0) is 52.3 Å². The van der Waals surface area contributed by atoms with E-state index < -0.39 is 6.04 Å². The molecular formula is C25H35N3O2. The summed E-state index contributed by atoms with van der Waals surface area (Å²) in [5.74, 6) is -0.0515. The second-order valence-corrected chi connectivity index (χ2v) is 8.87. The Morgan fingerprint density at radius 3 is 2.00 bits per heavy atom. The molecule has 5 nitrogen and oxygen atoms in total. The Morgan fingerprint density at radius 1 is 0.933 bits per heavy atom. The van der Waals surface area contributed by atoms with Gasteiger partial charge in [-0.1, -0.05) is 60.7 Å². The van der Waals surface area contributed by atoms with Gasteiger partial charge in [-0.25, -0.2) is 0 Å². The molecule has 0 fully saturated rings. The minimum atomic E-state index is -0.393. The lowest BCUT2D eigenvalue weighted by molar-refractivity contribution is -0.137. The van der Waals surface area contributed by atoms with Crippen LogP contribution < -0.4 is 5.32 Å². The van der Waals surface area contributed by atoms with Gasteiger partial charge in [0.25, 0.3) is 0 Å². The van der Waals surface area contributed by atoms with E-state index in [1.807, 2.05) is 93.1 Å². The highest BCUT2D eigenvalue weighted by Crippen LogP contribution is 2.11. The number of hydrogen-bond acceptors (Lipinski definition) is 3. The van der Waals surface area contributed by atoms with Crippen LogP contribution in [-0.2, 0) is 22.6 Å². The van der Waals surface area contributed by atoms with Gasteiger partial charge in [-0.2, -0.15) is 0 Å². The molecule has 5 heteroatoms. The maximum absolute atomic E-state index is 13.3. The molecule has 0 bridgehead atoms. The first kappa shape index (κ1) is 23.6. The number of nitrogens with one attached hydrogen (secondary N) is 1. The maximum atomic E-state index is 13.3. The summed E-state index contributed by atoms with van der Waals surface area (Å²) >= 11 is 0. The van der Waals surface area contributed by atoms with Crippen LogP contribution in [0.2, 0.25) is 0 Å². The van der Waals surface area contributed by atoms with Gasteiger partial charge in [0.05, 0.1) is 12.6 Å². The van der Waals surface area contributed by atoms with Gasteiger partial charge < -0.3 is 10.2 Å². The van der Waals surface area contributed by atoms with Crippen LogP contribution in [0.25, 0.3) is 0 Å². The molecule has 2 rings (SSSR count). The number of carbonyl (C=O) groups excluding carboxylic acids is 2. The molecule has 162 valence electrons. The summed E-state index contributed by atoms with van der Waals surface area (Å²) in [6.45, 7) is 9.08. The van der Waals surface area contributed by atoms with Crippen LogP contribution >= 0.6 is 0 Å². The fourth-order valence-electron chi connectivity index (χ4n) is 3.25. The summed E-state index contributed by atoms with van der Waals surface area (Å²) in [5, 5.41) is 2.95. The lowest BCUT2D eigenvalue weighted by Crippen LogP contribution is -2.51. The zero-order chi connectivity index (χ0) is 22.1. The van der Waals surface area contributed by atoms with Crippen molar-refractivity contribution in [2.24, 2.45) is 0 Å². The van der Waals surface area contributed by atoms with E-state index in [2.05, 4.69) is 17.4 Å². The quantitative estimate of drug-likeness (QED) is 0.690. The Labute approximate surface area is 181 Å². The zero-order valence-electron chi connectivity index (χ0n) is 18.9. The van der Waals surface area contributed by atoms with Gasteiger partial charge in [0, 0.05) is 18.6 Å². The Hall–Kier alpha value is -2.66. The van der Waals surface area contributed by atoms with Crippen molar-refractivity contribution in [1.29, 1.82) is 0 Å². The van der Waals surface area contributed by atoms with E-state index in [1.54, 1.807) is 0 Å². The SMILES string of the molecule is CC(C(=O)N(CCc1ccccc1)Cc1ccccc1)N(C)CC(=O)NC(C)(C)C. The van der Waals surface area contributed by atoms with Crippen molar-refractivity contribution in [3.05, 3.63) is 71.8 Å². The summed E-state index contributed by atoms with van der Waals surface area (Å²) in [6.07, 6.45) is 0.792. The predicted molar refractivity (Wildman–Crippen MR) is 122 cm³/mol. The summed E-state index contributed by atoms with van der Waals surface area (Å²) in [5.41, 5.74) is 2.01. The van der Waals surface area contributed by atoms with Crippen molar-refractivity contribution in [1.82, 2.24) is 15.1 Å². The number of benzene rings is 2. The molecule has 2 aromatic carbocycles. The molecule has 0 saturated heterocycles. The van der Waals surface area contributed by atoms with Gasteiger partial charge in [-0.3, -0.25) is 14.5 Å². The standard InChI is InChI=1S/C25H35N3O2/c1-20(27(5)19-23(29)26-25(2,3)4)24(30)28(18-22-14-10-7-11-15-22)17-16-21-12-8-6-9-13-21/h6-15,20H,16-19H2,1-5H3,(H,26,29). The highest BCUT2D eigenvalue weighted by molar-refractivity contribution is 5.83. The molecule has 0 radical (unpaired) electrons. The highest BCUT2D eigenvalue weighted by atomic mass is 16.2. The maximum Gasteiger partial charge on any atom is 0.239 e. The van der Waals surface area contributed by atoms with E-state index in [-0.39, 0.29) is 23.9 Å². The van der Waals surface area contributed by atoms with Crippen molar-refractivity contribution in [2.75, 3.05) is 20.1 Å². The zero-order valence-corrected chi connectivity index (χ0v) is 18.9. The second-order valence-electron chi connectivity index (χ2n) is 8.87. The van der Waals surface area contributed by atoms with E-state index in [0.717, 1.165) is 12.0 Å². The number of amides is 2. The molecular weight excluding hydrogens is 374 g/mol. The Balaban J connectivity index is 2.06. The van der Waals surface area contributed by atoms with Gasteiger partial charge in [0.1, 0.15) is 0 Å². The minimum absolute atomic E-state index is 0.0286. The number of nitrogens with zero attached hydrogens (tertiary/aromatic N) is 2. The largest absolute Gasteiger partial charge is 0.350 e. The van der Waals surface area contributed by atoms with Crippen LogP contribution in [0, 0.1) is 0 Å². The molecule has 0 aliphatic heterocycles. The monoisotopic (exact) mass is 409 g/mol. The third-order valence-corrected chi connectivity index (χ3v) is 4.97. The Morgan fingerprint density at radius 2 is 1.47 bits per heavy atom. The first-order chi connectivity index (χ1) is 14.2. The Bertz CT molecular complexity index is 800. The van der Waals surface area contributed by atoms with Crippen LogP contribution in [-0.4, -0.2) is 53.3 Å². The molecule has 1 unspecified atom stereocenters. The molecule has 0 aliphatic carbocycles. The van der Waals surface area contributed by atoms with Crippen molar-refractivity contribution in [3.8, 4) is 0 Å². The molecule has 0 saturated carbocycles. The Kier molecular flexibility index (Phi) is 8.60. The summed E-state index contributed by atoms with van der Waals surface area (Å²) < 4.78 is 0. The first-order valence-electron chi connectivity index (χ1n) is 10.5. The van der Waals surface area contributed by atoms with E-state index in [9.17, 15) is 9.59 Å². The molecule has 0 aliphatic rings. The number of likely N-dealkylation sites (N-methyl/N-ethyl adjacent to an activating group) is 1. The smallest absolute Gasteiger partial charge is 0.239 e. The summed E-state index contributed by atoms with van der Waals surface area (Å²) in [7, 11) is 1.82. The van der Waals surface area contributed by atoms with Gasteiger partial charge in [0.15, 0.2) is 0 Å². The van der Waals surface area contributed by atoms with Crippen LogP contribution in [0.1, 0.15) is 38.8 Å². The lowest BCUT2D eigenvalue weighted by atomic mass is 10.1. The van der Waals surface area contributed by atoms with Crippen LogP contribution in [0.4, 0.5) is 0 Å². The van der Waals surface area contributed by atoms with Crippen LogP contribution in [0.15, 0.2) is 60.7 Å². The predicted octanol–water partition coefficient (Wildman–Crippen LogP) is 3.49. The van der Waals surface area contributed by atoms with Gasteiger partial charge >= 0.3 is 0 Å². The average Bonchev–Trinajstić information content (AvgIpc) is 2.70. The fourth-order valence-corrected chi connectivity index (χ4v) is 3.25. The molecule has 2 aromatic rings. The lowest BCUT2D eigenvalue weighted by Gasteiger charge is -2.31. The van der Waals surface area contributed by atoms with Crippen molar-refractivity contribution in [3.63, 3.8) is 0 Å². The third-order valence-electron chi connectivity index (χ3n) is 4.97. The van der Waals surface area contributed by atoms with Crippen LogP contribution in [0.3, 0.4) is 0 Å². The summed E-state index contributed by atoms with van der Waals surface area (Å²) in [6, 6.07) is 19.8. The number of hydrogen-bond donors (Lipinski definition) is 1. The normalized spacial score (nSPS) is 12.5. The van der Waals surface area contributed by atoms with E-state index in [1.165, 1.54) is 5.56 Å². The molecule has 0 heterocycles. The molecule has 1 N–H and O–H groups in total. The molecule has 0 aromatic heterocycles. The average molecular weight is 410 g/mol. The molecule has 2 amide bonds. The topological polar surface area (TPSA) is 52.7 Å². The van der Waals surface area contributed by atoms with E-state index in [4.69, 9.17) is 0 Å². The third kappa shape index (κ3) is 7.99. The molecule has 1 atom stereocenters. The minimum Gasteiger partial charge on any atom is -0.350 e. The number of rotatable bonds is 9. The van der Waals surface area contributed by atoms with Gasteiger partial charge in [-0.15, -0.1) is 0 Å². The molecule has 30 heavy (non-hydrogen) atoms. The second kappa shape index (κ2) is 10.9. The number of carbonyl (C=O) groups is 2. The van der Waals surface area contributed by atoms with Crippen molar-refractivity contribution in [2.45, 2.75) is 52.2 Å². The van der Waals surface area contributed by atoms with E-state index >= 15 is 0 Å². The summed E-state index contributed by atoms with van der Waals surface area (Å²) in [4.78, 5) is 29.3. The highest BCUT2D eigenvalue weighted by Gasteiger charge is 2.26. The van der Waals surface area contributed by atoms with Gasteiger partial charge in [0.2, 0.25) is 11.8 Å².